The first-order chi connectivity index (χ1) is 11.2. The fourth-order valence-electron chi connectivity index (χ4n) is 2.72. The van der Waals surface area contributed by atoms with Gasteiger partial charge in [-0.25, -0.2) is 4.79 Å². The van der Waals surface area contributed by atoms with E-state index in [1.54, 1.807) is 12.1 Å². The number of carbonyl (C=O) groups is 2. The molecule has 23 heavy (non-hydrogen) atoms. The summed E-state index contributed by atoms with van der Waals surface area (Å²) in [4.78, 5) is 24.8. The highest BCUT2D eigenvalue weighted by atomic mass is 16.5. The van der Waals surface area contributed by atoms with Crippen molar-refractivity contribution in [3.05, 3.63) is 71.8 Å². The Labute approximate surface area is 134 Å². The van der Waals surface area contributed by atoms with Crippen molar-refractivity contribution in [3.63, 3.8) is 0 Å². The van der Waals surface area contributed by atoms with Gasteiger partial charge in [-0.3, -0.25) is 10.2 Å². The summed E-state index contributed by atoms with van der Waals surface area (Å²) in [5, 5.41) is 4.06. The number of benzene rings is 2. The van der Waals surface area contributed by atoms with E-state index in [-0.39, 0.29) is 11.5 Å². The zero-order valence-electron chi connectivity index (χ0n) is 12.6. The number of esters is 1. The van der Waals surface area contributed by atoms with E-state index in [2.05, 4.69) is 10.5 Å². The van der Waals surface area contributed by atoms with Crippen LogP contribution in [0.1, 0.15) is 21.8 Å². The van der Waals surface area contributed by atoms with Gasteiger partial charge in [0.05, 0.1) is 13.0 Å². The van der Waals surface area contributed by atoms with Crippen LogP contribution in [0.4, 0.5) is 0 Å². The van der Waals surface area contributed by atoms with Crippen LogP contribution in [0.5, 0.6) is 0 Å². The Balaban J connectivity index is 1.98. The highest BCUT2D eigenvalue weighted by Crippen LogP contribution is 2.28. The molecule has 5 nitrogen and oxygen atoms in total. The Morgan fingerprint density at radius 1 is 1.00 bits per heavy atom. The fraction of sp³-hybridized carbons (Fsp3) is 0.167. The Hall–Kier alpha value is -2.95. The number of ether oxygens (including phenoxy) is 1. The molecule has 0 fully saturated rings. The van der Waals surface area contributed by atoms with Gasteiger partial charge < -0.3 is 4.74 Å². The van der Waals surface area contributed by atoms with Crippen molar-refractivity contribution >= 4 is 17.5 Å². The van der Waals surface area contributed by atoms with Crippen LogP contribution in [0.3, 0.4) is 0 Å². The summed E-state index contributed by atoms with van der Waals surface area (Å²) < 4.78 is 4.80. The van der Waals surface area contributed by atoms with Gasteiger partial charge in [0.2, 0.25) is 0 Å². The Kier molecular flexibility index (Phi) is 4.19. The second-order valence-corrected chi connectivity index (χ2v) is 5.21. The summed E-state index contributed by atoms with van der Waals surface area (Å²) in [5.41, 5.74) is 4.44. The first-order valence-corrected chi connectivity index (χ1v) is 7.28. The van der Waals surface area contributed by atoms with Crippen molar-refractivity contribution in [2.24, 2.45) is 5.10 Å². The minimum absolute atomic E-state index is 0.109. The standard InChI is InChI=1S/C18H16N2O3/c1-23-18(22)16-14(12-8-4-2-5-9-12)15(19-20-16)17(21)13-10-6-3-7-11-13/h2-11,14-15,19H,1H3. The van der Waals surface area contributed by atoms with Crippen molar-refractivity contribution in [2.75, 3.05) is 7.11 Å². The summed E-state index contributed by atoms with van der Waals surface area (Å²) >= 11 is 0. The largest absolute Gasteiger partial charge is 0.464 e. The Morgan fingerprint density at radius 3 is 2.22 bits per heavy atom. The summed E-state index contributed by atoms with van der Waals surface area (Å²) in [6.07, 6.45) is 0. The molecule has 2 atom stereocenters. The molecular formula is C18H16N2O3. The SMILES string of the molecule is COC(=O)C1=NNC(C(=O)c2ccccc2)C1c1ccccc1. The first kappa shape index (κ1) is 15.0. The van der Waals surface area contributed by atoms with Gasteiger partial charge in [0.1, 0.15) is 6.04 Å². The molecule has 0 aliphatic carbocycles. The molecule has 0 saturated heterocycles. The molecule has 0 radical (unpaired) electrons. The quantitative estimate of drug-likeness (QED) is 0.694. The molecule has 1 heterocycles. The molecule has 2 unspecified atom stereocenters. The van der Waals surface area contributed by atoms with Gasteiger partial charge in [0.25, 0.3) is 0 Å². The molecule has 1 N–H and O–H groups in total. The molecule has 0 amide bonds. The van der Waals surface area contributed by atoms with E-state index in [9.17, 15) is 9.59 Å². The lowest BCUT2D eigenvalue weighted by atomic mass is 9.84. The lowest BCUT2D eigenvalue weighted by Crippen LogP contribution is -2.37. The molecular weight excluding hydrogens is 292 g/mol. The summed E-state index contributed by atoms with van der Waals surface area (Å²) in [6, 6.07) is 17.7. The number of hydrazone groups is 1. The molecule has 2 aromatic carbocycles. The topological polar surface area (TPSA) is 67.8 Å². The van der Waals surface area contributed by atoms with E-state index in [0.29, 0.717) is 5.56 Å². The van der Waals surface area contributed by atoms with Crippen LogP contribution in [-0.2, 0) is 9.53 Å². The molecule has 0 aromatic heterocycles. The smallest absolute Gasteiger partial charge is 0.354 e. The van der Waals surface area contributed by atoms with Crippen LogP contribution in [0.25, 0.3) is 0 Å². The van der Waals surface area contributed by atoms with E-state index in [4.69, 9.17) is 4.74 Å². The van der Waals surface area contributed by atoms with E-state index in [0.717, 1.165) is 5.56 Å². The van der Waals surface area contributed by atoms with Crippen molar-refractivity contribution < 1.29 is 14.3 Å². The number of Topliss-reactive ketones (excluding diaryl/α,β-unsaturated/α-hetero) is 1. The van der Waals surface area contributed by atoms with Gasteiger partial charge in [-0.2, -0.15) is 5.10 Å². The van der Waals surface area contributed by atoms with Crippen LogP contribution in [0.15, 0.2) is 65.8 Å². The second kappa shape index (κ2) is 6.44. The molecule has 116 valence electrons. The Bertz CT molecular complexity index is 741. The fourth-order valence-corrected chi connectivity index (χ4v) is 2.72. The number of carbonyl (C=O) groups excluding carboxylic acids is 2. The van der Waals surface area contributed by atoms with Crippen molar-refractivity contribution in [1.82, 2.24) is 5.43 Å². The zero-order valence-corrected chi connectivity index (χ0v) is 12.6. The number of ketones is 1. The van der Waals surface area contributed by atoms with E-state index < -0.39 is 17.9 Å². The normalized spacial score (nSPS) is 19.6. The van der Waals surface area contributed by atoms with Crippen LogP contribution < -0.4 is 5.43 Å². The lowest BCUT2D eigenvalue weighted by Gasteiger charge is -2.19. The number of hydrogen-bond acceptors (Lipinski definition) is 5. The van der Waals surface area contributed by atoms with Gasteiger partial charge in [0.15, 0.2) is 11.5 Å². The van der Waals surface area contributed by atoms with Crippen molar-refractivity contribution in [3.8, 4) is 0 Å². The molecule has 0 bridgehead atoms. The van der Waals surface area contributed by atoms with Crippen LogP contribution in [0.2, 0.25) is 0 Å². The molecule has 2 aromatic rings. The maximum atomic E-state index is 12.8. The predicted octanol–water partition coefficient (Wildman–Crippen LogP) is 2.15. The number of hydrogen-bond donors (Lipinski definition) is 1. The number of nitrogens with zero attached hydrogens (tertiary/aromatic N) is 1. The second-order valence-electron chi connectivity index (χ2n) is 5.21. The number of methoxy groups -OCH3 is 1. The predicted molar refractivity (Wildman–Crippen MR) is 86.3 cm³/mol. The minimum Gasteiger partial charge on any atom is -0.464 e. The van der Waals surface area contributed by atoms with E-state index in [1.165, 1.54) is 7.11 Å². The zero-order chi connectivity index (χ0) is 16.2. The van der Waals surface area contributed by atoms with Gasteiger partial charge in [0, 0.05) is 5.56 Å². The summed E-state index contributed by atoms with van der Waals surface area (Å²) in [7, 11) is 1.30. The highest BCUT2D eigenvalue weighted by Gasteiger charge is 2.41. The maximum absolute atomic E-state index is 12.8. The van der Waals surface area contributed by atoms with E-state index in [1.807, 2.05) is 48.5 Å². The lowest BCUT2D eigenvalue weighted by molar-refractivity contribution is -0.132. The van der Waals surface area contributed by atoms with Gasteiger partial charge in [-0.1, -0.05) is 60.7 Å². The number of nitrogens with one attached hydrogen (secondary N) is 1. The average molecular weight is 308 g/mol. The summed E-state index contributed by atoms with van der Waals surface area (Å²) in [5.74, 6) is -1.12. The van der Waals surface area contributed by atoms with Crippen LogP contribution in [-0.4, -0.2) is 30.6 Å². The third-order valence-corrected chi connectivity index (χ3v) is 3.85. The monoisotopic (exact) mass is 308 g/mol. The van der Waals surface area contributed by atoms with Crippen LogP contribution >= 0.6 is 0 Å². The maximum Gasteiger partial charge on any atom is 0.354 e. The van der Waals surface area contributed by atoms with Gasteiger partial charge >= 0.3 is 5.97 Å². The molecule has 0 spiro atoms. The van der Waals surface area contributed by atoms with Gasteiger partial charge in [-0.15, -0.1) is 0 Å². The summed E-state index contributed by atoms with van der Waals surface area (Å²) in [6.45, 7) is 0. The number of rotatable bonds is 4. The van der Waals surface area contributed by atoms with Crippen molar-refractivity contribution in [1.29, 1.82) is 0 Å². The molecule has 1 aliphatic rings. The average Bonchev–Trinajstić information content (AvgIpc) is 3.07. The third-order valence-electron chi connectivity index (χ3n) is 3.85. The molecule has 0 saturated carbocycles. The molecule has 3 rings (SSSR count). The van der Waals surface area contributed by atoms with Crippen molar-refractivity contribution in [2.45, 2.75) is 12.0 Å². The highest BCUT2D eigenvalue weighted by molar-refractivity contribution is 6.40. The minimum atomic E-state index is -0.631. The Morgan fingerprint density at radius 2 is 1.61 bits per heavy atom. The third kappa shape index (κ3) is 2.85. The van der Waals surface area contributed by atoms with Crippen LogP contribution in [0, 0.1) is 0 Å². The van der Waals surface area contributed by atoms with Gasteiger partial charge in [-0.05, 0) is 5.56 Å². The van der Waals surface area contributed by atoms with E-state index >= 15 is 0 Å². The molecule has 1 aliphatic heterocycles. The first-order valence-electron chi connectivity index (χ1n) is 7.28. The molecule has 5 heteroatoms.